The Hall–Kier alpha value is -1.17. The summed E-state index contributed by atoms with van der Waals surface area (Å²) in [7, 11) is 0. The average Bonchev–Trinajstić information content (AvgIpc) is 3.21. The average molecular weight is 536 g/mol. The molecule has 8 nitrogen and oxygen atoms in total. The first-order chi connectivity index (χ1) is 13.7. The number of aromatic nitrogens is 2. The summed E-state index contributed by atoms with van der Waals surface area (Å²) >= 11 is 1.48. The number of amides is 1. The molecule has 2 heterocycles. The van der Waals surface area contributed by atoms with E-state index in [2.05, 4.69) is 48.6 Å². The van der Waals surface area contributed by atoms with Crippen molar-refractivity contribution in [2.75, 3.05) is 44.2 Å². The van der Waals surface area contributed by atoms with Crippen LogP contribution in [0.25, 0.3) is 0 Å². The van der Waals surface area contributed by atoms with Crippen LogP contribution in [-0.4, -0.2) is 71.4 Å². The van der Waals surface area contributed by atoms with Gasteiger partial charge < -0.3 is 20.4 Å². The van der Waals surface area contributed by atoms with E-state index in [9.17, 15) is 4.79 Å². The van der Waals surface area contributed by atoms with Crippen molar-refractivity contribution in [1.29, 1.82) is 0 Å². The number of nitrogens with one attached hydrogen (secondary N) is 2. The van der Waals surface area contributed by atoms with Crippen LogP contribution >= 0.6 is 35.5 Å². The number of rotatable bonds is 6. The molecule has 0 atom stereocenters. The van der Waals surface area contributed by atoms with Crippen molar-refractivity contribution in [2.24, 2.45) is 4.99 Å². The number of halogens is 1. The number of aliphatic imine (C=N–C) groups is 1. The Balaban J connectivity index is 0.00000300. The Labute approximate surface area is 195 Å². The summed E-state index contributed by atoms with van der Waals surface area (Å²) in [4.78, 5) is 26.0. The van der Waals surface area contributed by atoms with Gasteiger partial charge in [-0.15, -0.1) is 24.0 Å². The molecule has 1 saturated heterocycles. The zero-order valence-electron chi connectivity index (χ0n) is 17.5. The molecule has 3 rings (SSSR count). The highest BCUT2D eigenvalue weighted by Crippen LogP contribution is 2.19. The number of anilines is 1. The quantitative estimate of drug-likeness (QED) is 0.330. The summed E-state index contributed by atoms with van der Waals surface area (Å²) in [5, 5.41) is 7.48. The molecule has 29 heavy (non-hydrogen) atoms. The number of carbonyl (C=O) groups excluding carboxylic acids is 1. The smallest absolute Gasteiger partial charge is 0.242 e. The van der Waals surface area contributed by atoms with Crippen molar-refractivity contribution in [1.82, 2.24) is 24.9 Å². The van der Waals surface area contributed by atoms with Gasteiger partial charge in [0.1, 0.15) is 12.4 Å². The highest BCUT2D eigenvalue weighted by atomic mass is 127. The molecule has 1 aromatic rings. The number of guanidine groups is 1. The molecule has 164 valence electrons. The van der Waals surface area contributed by atoms with Crippen molar-refractivity contribution in [3.63, 3.8) is 0 Å². The first kappa shape index (κ1) is 24.1. The third-order valence-corrected chi connectivity index (χ3v) is 6.12. The van der Waals surface area contributed by atoms with Crippen molar-refractivity contribution in [3.05, 3.63) is 5.82 Å². The number of nitrogens with zero attached hydrogens (tertiary/aromatic N) is 5. The van der Waals surface area contributed by atoms with Gasteiger partial charge in [0.25, 0.3) is 0 Å². The highest BCUT2D eigenvalue weighted by molar-refractivity contribution is 14.0. The van der Waals surface area contributed by atoms with Gasteiger partial charge in [0.2, 0.25) is 11.0 Å². The lowest BCUT2D eigenvalue weighted by molar-refractivity contribution is -0.120. The fraction of sp³-hybridized carbons (Fsp3) is 0.789. The number of aryl methyl sites for hydroxylation is 1. The van der Waals surface area contributed by atoms with Gasteiger partial charge in [-0.1, -0.05) is 26.2 Å². The van der Waals surface area contributed by atoms with Crippen LogP contribution < -0.4 is 15.5 Å². The molecular formula is C19H34IN7OS. The van der Waals surface area contributed by atoms with Crippen LogP contribution in [0.5, 0.6) is 0 Å². The zero-order valence-corrected chi connectivity index (χ0v) is 20.7. The Morgan fingerprint density at radius 1 is 1.17 bits per heavy atom. The number of hydrogen-bond acceptors (Lipinski definition) is 6. The predicted octanol–water partition coefficient (Wildman–Crippen LogP) is 2.25. The van der Waals surface area contributed by atoms with Gasteiger partial charge in [0.05, 0.1) is 0 Å². The van der Waals surface area contributed by atoms with Gasteiger partial charge in [-0.2, -0.15) is 4.37 Å². The van der Waals surface area contributed by atoms with Gasteiger partial charge in [0, 0.05) is 56.7 Å². The molecule has 0 spiro atoms. The lowest BCUT2D eigenvalue weighted by Crippen LogP contribution is -2.52. The van der Waals surface area contributed by atoms with Gasteiger partial charge in [-0.05, 0) is 19.8 Å². The minimum atomic E-state index is 0. The maximum absolute atomic E-state index is 12.3. The second-order valence-electron chi connectivity index (χ2n) is 7.39. The summed E-state index contributed by atoms with van der Waals surface area (Å²) < 4.78 is 4.38. The number of hydrogen-bond donors (Lipinski definition) is 2. The molecule has 0 aromatic carbocycles. The van der Waals surface area contributed by atoms with Crippen LogP contribution in [0.3, 0.4) is 0 Å². The molecule has 0 bridgehead atoms. The number of carbonyl (C=O) groups is 1. The molecule has 1 aliphatic carbocycles. The Bertz CT molecular complexity index is 655. The molecular weight excluding hydrogens is 501 g/mol. The molecule has 2 aliphatic rings. The predicted molar refractivity (Wildman–Crippen MR) is 129 cm³/mol. The van der Waals surface area contributed by atoms with Crippen LogP contribution in [0.1, 0.15) is 51.8 Å². The van der Waals surface area contributed by atoms with E-state index in [1.54, 1.807) is 0 Å². The molecule has 10 heteroatoms. The van der Waals surface area contributed by atoms with Gasteiger partial charge in [-0.3, -0.25) is 4.79 Å². The fourth-order valence-corrected chi connectivity index (χ4v) is 4.52. The maximum Gasteiger partial charge on any atom is 0.242 e. The first-order valence-corrected chi connectivity index (χ1v) is 11.4. The van der Waals surface area contributed by atoms with E-state index in [0.717, 1.165) is 68.9 Å². The van der Waals surface area contributed by atoms with Crippen LogP contribution in [0.2, 0.25) is 0 Å². The summed E-state index contributed by atoms with van der Waals surface area (Å²) in [5.74, 6) is 1.77. The summed E-state index contributed by atoms with van der Waals surface area (Å²) in [5.41, 5.74) is 0. The summed E-state index contributed by atoms with van der Waals surface area (Å²) in [6.45, 7) is 8.60. The fourth-order valence-electron chi connectivity index (χ4n) is 3.72. The molecule has 1 aliphatic heterocycles. The lowest BCUT2D eigenvalue weighted by atomic mass is 9.95. The minimum absolute atomic E-state index is 0. The van der Waals surface area contributed by atoms with E-state index in [1.165, 1.54) is 30.8 Å². The molecule has 0 unspecified atom stereocenters. The van der Waals surface area contributed by atoms with E-state index in [-0.39, 0.29) is 36.4 Å². The van der Waals surface area contributed by atoms with Gasteiger partial charge in [0.15, 0.2) is 5.96 Å². The minimum Gasteiger partial charge on any atom is -0.357 e. The lowest BCUT2D eigenvalue weighted by Gasteiger charge is -2.36. The summed E-state index contributed by atoms with van der Waals surface area (Å²) in [6.07, 6.45) is 6.80. The van der Waals surface area contributed by atoms with E-state index < -0.39 is 0 Å². The largest absolute Gasteiger partial charge is 0.357 e. The van der Waals surface area contributed by atoms with Crippen LogP contribution in [0, 0.1) is 0 Å². The maximum atomic E-state index is 12.3. The molecule has 1 saturated carbocycles. The van der Waals surface area contributed by atoms with Gasteiger partial charge >= 0.3 is 0 Å². The highest BCUT2D eigenvalue weighted by Gasteiger charge is 2.22. The van der Waals surface area contributed by atoms with E-state index in [0.29, 0.717) is 6.04 Å². The van der Waals surface area contributed by atoms with Crippen molar-refractivity contribution < 1.29 is 4.79 Å². The van der Waals surface area contributed by atoms with Crippen LogP contribution in [0.4, 0.5) is 5.13 Å². The van der Waals surface area contributed by atoms with E-state index in [4.69, 9.17) is 0 Å². The first-order valence-electron chi connectivity index (χ1n) is 10.6. The topological polar surface area (TPSA) is 85.8 Å². The standard InChI is InChI=1S/C19H33N7OS.HI/c1-3-16-23-19(28-24-16)26-12-10-25(11-13-26)18(20-4-2)21-14-17(27)22-15-8-6-5-7-9-15;/h15H,3-14H2,1-2H3,(H,20,21)(H,22,27);1H. The van der Waals surface area contributed by atoms with E-state index in [1.807, 2.05) is 0 Å². The molecule has 2 N–H and O–H groups in total. The van der Waals surface area contributed by atoms with E-state index >= 15 is 0 Å². The second-order valence-corrected chi connectivity index (χ2v) is 8.12. The zero-order chi connectivity index (χ0) is 19.8. The molecule has 1 amide bonds. The third kappa shape index (κ3) is 7.23. The molecule has 0 radical (unpaired) electrons. The third-order valence-electron chi connectivity index (χ3n) is 5.30. The molecule has 2 fully saturated rings. The van der Waals surface area contributed by atoms with Crippen molar-refractivity contribution in [3.8, 4) is 0 Å². The molecule has 1 aromatic heterocycles. The Morgan fingerprint density at radius 3 is 2.52 bits per heavy atom. The normalized spacial score (nSPS) is 18.3. The Kier molecular flexibility index (Phi) is 10.4. The van der Waals surface area contributed by atoms with Crippen LogP contribution in [0.15, 0.2) is 4.99 Å². The number of piperazine rings is 1. The Morgan fingerprint density at radius 2 is 1.90 bits per heavy atom. The SMILES string of the molecule is CCNC(=NCC(=O)NC1CCCCC1)N1CCN(c2nc(CC)ns2)CC1.I. The van der Waals surface area contributed by atoms with Crippen LogP contribution in [-0.2, 0) is 11.2 Å². The second kappa shape index (κ2) is 12.5. The summed E-state index contributed by atoms with van der Waals surface area (Å²) in [6, 6.07) is 0.336. The van der Waals surface area contributed by atoms with Gasteiger partial charge in [-0.25, -0.2) is 9.98 Å². The monoisotopic (exact) mass is 535 g/mol. The van der Waals surface area contributed by atoms with Crippen molar-refractivity contribution in [2.45, 2.75) is 58.4 Å². The van der Waals surface area contributed by atoms with Crippen molar-refractivity contribution >= 4 is 52.5 Å².